The Morgan fingerprint density at radius 3 is 1.72 bits per heavy atom. The van der Waals surface area contributed by atoms with E-state index in [2.05, 4.69) is 0 Å². The van der Waals surface area contributed by atoms with Gasteiger partial charge in [-0.2, -0.15) is 0 Å². The molecule has 0 atom stereocenters. The molecule has 1 amide bonds. The Bertz CT molecular complexity index is 1130. The standard InChI is InChI=1S/C27H25NO4/c1-19(29)20-7-9-21(10-8-20)22-11-13-23(14-12-22)25(30)28-17-15-27(16-18-28,26(31)32)24-5-3-2-4-6-24/h2-14H,15-18H2,1H3,(H,31,32). The number of aliphatic carboxylic acids is 1. The van der Waals surface area contributed by atoms with Crippen LogP contribution in [0.15, 0.2) is 78.9 Å². The van der Waals surface area contributed by atoms with Crippen LogP contribution < -0.4 is 0 Å². The fraction of sp³-hybridized carbons (Fsp3) is 0.222. The zero-order chi connectivity index (χ0) is 22.7. The Hall–Kier alpha value is -3.73. The van der Waals surface area contributed by atoms with Gasteiger partial charge in [0.2, 0.25) is 0 Å². The molecule has 0 unspecified atom stereocenters. The number of ketones is 1. The highest BCUT2D eigenvalue weighted by atomic mass is 16.4. The molecule has 5 nitrogen and oxygen atoms in total. The number of carboxylic acid groups (broad SMARTS) is 1. The molecule has 1 N–H and O–H groups in total. The summed E-state index contributed by atoms with van der Waals surface area (Å²) >= 11 is 0. The molecular weight excluding hydrogens is 402 g/mol. The SMILES string of the molecule is CC(=O)c1ccc(-c2ccc(C(=O)N3CCC(C(=O)O)(c4ccccc4)CC3)cc2)cc1. The lowest BCUT2D eigenvalue weighted by Crippen LogP contribution is -2.49. The zero-order valence-electron chi connectivity index (χ0n) is 18.0. The van der Waals surface area contributed by atoms with Crippen LogP contribution in [0.4, 0.5) is 0 Å². The number of piperidine rings is 1. The second-order valence-corrected chi connectivity index (χ2v) is 8.26. The third-order valence-electron chi connectivity index (χ3n) is 6.40. The van der Waals surface area contributed by atoms with Gasteiger partial charge in [0, 0.05) is 24.2 Å². The first-order chi connectivity index (χ1) is 15.4. The molecule has 0 bridgehead atoms. The largest absolute Gasteiger partial charge is 0.481 e. The number of carbonyl (C=O) groups is 3. The van der Waals surface area contributed by atoms with E-state index < -0.39 is 11.4 Å². The molecule has 1 heterocycles. The van der Waals surface area contributed by atoms with Crippen molar-refractivity contribution in [1.82, 2.24) is 4.90 Å². The molecule has 1 saturated heterocycles. The van der Waals surface area contributed by atoms with E-state index in [9.17, 15) is 19.5 Å². The lowest BCUT2D eigenvalue weighted by atomic mass is 9.72. The molecule has 162 valence electrons. The predicted molar refractivity (Wildman–Crippen MR) is 123 cm³/mol. The summed E-state index contributed by atoms with van der Waals surface area (Å²) in [5.41, 5.74) is 3.02. The Morgan fingerprint density at radius 1 is 0.750 bits per heavy atom. The van der Waals surface area contributed by atoms with Crippen LogP contribution >= 0.6 is 0 Å². The van der Waals surface area contributed by atoms with E-state index in [0.29, 0.717) is 37.1 Å². The van der Waals surface area contributed by atoms with Gasteiger partial charge in [0.1, 0.15) is 0 Å². The van der Waals surface area contributed by atoms with Gasteiger partial charge in [-0.3, -0.25) is 14.4 Å². The minimum absolute atomic E-state index is 0.0261. The maximum absolute atomic E-state index is 13.0. The Kier molecular flexibility index (Phi) is 5.91. The van der Waals surface area contributed by atoms with Crippen LogP contribution in [0, 0.1) is 0 Å². The molecule has 3 aromatic rings. The molecule has 0 spiro atoms. The Balaban J connectivity index is 1.46. The molecule has 1 fully saturated rings. The lowest BCUT2D eigenvalue weighted by molar-refractivity contribution is -0.145. The zero-order valence-corrected chi connectivity index (χ0v) is 18.0. The van der Waals surface area contributed by atoms with Gasteiger partial charge in [-0.15, -0.1) is 0 Å². The molecule has 3 aromatic carbocycles. The summed E-state index contributed by atoms with van der Waals surface area (Å²) in [4.78, 5) is 38.3. The summed E-state index contributed by atoms with van der Waals surface area (Å²) in [6, 6.07) is 24.1. The van der Waals surface area contributed by atoms with Crippen molar-refractivity contribution in [2.45, 2.75) is 25.2 Å². The number of carbonyl (C=O) groups excluding carboxylic acids is 2. The van der Waals surface area contributed by atoms with Crippen LogP contribution in [0.2, 0.25) is 0 Å². The van der Waals surface area contributed by atoms with E-state index in [1.165, 1.54) is 6.92 Å². The van der Waals surface area contributed by atoms with Crippen molar-refractivity contribution in [3.63, 3.8) is 0 Å². The molecule has 0 aromatic heterocycles. The first-order valence-corrected chi connectivity index (χ1v) is 10.7. The van der Waals surface area contributed by atoms with Crippen LogP contribution in [0.25, 0.3) is 11.1 Å². The summed E-state index contributed by atoms with van der Waals surface area (Å²) in [5, 5.41) is 9.95. The second kappa shape index (κ2) is 8.79. The number of amides is 1. The van der Waals surface area contributed by atoms with Gasteiger partial charge in [-0.05, 0) is 48.6 Å². The monoisotopic (exact) mass is 427 g/mol. The third-order valence-corrected chi connectivity index (χ3v) is 6.40. The molecule has 32 heavy (non-hydrogen) atoms. The van der Waals surface area contributed by atoms with Crippen molar-refractivity contribution in [3.05, 3.63) is 95.6 Å². The molecule has 0 saturated carbocycles. The second-order valence-electron chi connectivity index (χ2n) is 8.26. The number of nitrogens with zero attached hydrogens (tertiary/aromatic N) is 1. The number of hydrogen-bond donors (Lipinski definition) is 1. The van der Waals surface area contributed by atoms with Gasteiger partial charge in [0.05, 0.1) is 5.41 Å². The molecule has 0 aliphatic carbocycles. The third kappa shape index (κ3) is 4.06. The first-order valence-electron chi connectivity index (χ1n) is 10.7. The van der Waals surface area contributed by atoms with Gasteiger partial charge in [-0.25, -0.2) is 0 Å². The van der Waals surface area contributed by atoms with Crippen molar-refractivity contribution >= 4 is 17.7 Å². The van der Waals surface area contributed by atoms with E-state index in [1.807, 2.05) is 54.6 Å². The molecule has 5 heteroatoms. The minimum atomic E-state index is -0.950. The average Bonchev–Trinajstić information content (AvgIpc) is 2.84. The van der Waals surface area contributed by atoms with E-state index >= 15 is 0 Å². The quantitative estimate of drug-likeness (QED) is 0.593. The normalized spacial score (nSPS) is 15.2. The van der Waals surface area contributed by atoms with Crippen LogP contribution in [0.3, 0.4) is 0 Å². The van der Waals surface area contributed by atoms with Gasteiger partial charge in [-0.1, -0.05) is 66.7 Å². The summed E-state index contributed by atoms with van der Waals surface area (Å²) in [6.07, 6.45) is 0.775. The van der Waals surface area contributed by atoms with Gasteiger partial charge in [0.15, 0.2) is 5.78 Å². The number of Topliss-reactive ketones (excluding diaryl/α,β-unsaturated/α-hetero) is 1. The Morgan fingerprint density at radius 2 is 1.25 bits per heavy atom. The summed E-state index contributed by atoms with van der Waals surface area (Å²) in [7, 11) is 0. The topological polar surface area (TPSA) is 74.7 Å². The van der Waals surface area contributed by atoms with Crippen molar-refractivity contribution in [2.75, 3.05) is 13.1 Å². The predicted octanol–water partition coefficient (Wildman–Crippen LogP) is 4.81. The Labute approximate surface area is 187 Å². The smallest absolute Gasteiger partial charge is 0.314 e. The number of likely N-dealkylation sites (tertiary alicyclic amines) is 1. The van der Waals surface area contributed by atoms with Crippen molar-refractivity contribution in [1.29, 1.82) is 0 Å². The van der Waals surface area contributed by atoms with Crippen LogP contribution in [0.5, 0.6) is 0 Å². The molecule has 1 aliphatic heterocycles. The number of hydrogen-bond acceptors (Lipinski definition) is 3. The molecule has 4 rings (SSSR count). The summed E-state index contributed by atoms with van der Waals surface area (Å²) in [6.45, 7) is 2.33. The number of rotatable bonds is 5. The van der Waals surface area contributed by atoms with Crippen molar-refractivity contribution in [3.8, 4) is 11.1 Å². The molecule has 0 radical (unpaired) electrons. The van der Waals surface area contributed by atoms with Gasteiger partial charge < -0.3 is 10.0 Å². The minimum Gasteiger partial charge on any atom is -0.481 e. The fourth-order valence-electron chi connectivity index (χ4n) is 4.36. The molecular formula is C27H25NO4. The number of benzene rings is 3. The summed E-state index contributed by atoms with van der Waals surface area (Å²) < 4.78 is 0. The van der Waals surface area contributed by atoms with Crippen LogP contribution in [-0.2, 0) is 10.2 Å². The van der Waals surface area contributed by atoms with Crippen molar-refractivity contribution in [2.24, 2.45) is 0 Å². The maximum Gasteiger partial charge on any atom is 0.314 e. The highest BCUT2D eigenvalue weighted by Gasteiger charge is 2.43. The van der Waals surface area contributed by atoms with E-state index in [4.69, 9.17) is 0 Å². The molecule has 1 aliphatic rings. The van der Waals surface area contributed by atoms with Gasteiger partial charge in [0.25, 0.3) is 5.91 Å². The van der Waals surface area contributed by atoms with Crippen LogP contribution in [0.1, 0.15) is 46.0 Å². The lowest BCUT2D eigenvalue weighted by Gasteiger charge is -2.39. The van der Waals surface area contributed by atoms with E-state index in [-0.39, 0.29) is 11.7 Å². The average molecular weight is 428 g/mol. The van der Waals surface area contributed by atoms with Crippen LogP contribution in [-0.4, -0.2) is 40.8 Å². The highest BCUT2D eigenvalue weighted by molar-refractivity contribution is 5.96. The fourth-order valence-corrected chi connectivity index (χ4v) is 4.36. The summed E-state index contributed by atoms with van der Waals surface area (Å²) in [5.74, 6) is -0.898. The van der Waals surface area contributed by atoms with Gasteiger partial charge >= 0.3 is 5.97 Å². The first kappa shape index (κ1) is 21.5. The maximum atomic E-state index is 13.0. The van der Waals surface area contributed by atoms with E-state index in [0.717, 1.165) is 16.7 Å². The van der Waals surface area contributed by atoms with E-state index in [1.54, 1.807) is 29.2 Å². The number of carboxylic acids is 1. The highest BCUT2D eigenvalue weighted by Crippen LogP contribution is 2.36. The van der Waals surface area contributed by atoms with Crippen molar-refractivity contribution < 1.29 is 19.5 Å².